The molecule has 7 heteroatoms. The standard InChI is InChI=1S/C13H14N4O2S/c18-12(19)13(5-2-6-13)17-11(14-15-16-17)10-7-8-3-1-4-9(8)20-10/h7H,1-6H2,(H,18,19). The number of aliphatic carboxylic acids is 1. The zero-order valence-electron chi connectivity index (χ0n) is 10.9. The van der Waals surface area contributed by atoms with E-state index in [9.17, 15) is 9.90 Å². The zero-order chi connectivity index (χ0) is 13.7. The van der Waals surface area contributed by atoms with Crippen LogP contribution < -0.4 is 0 Å². The Morgan fingerprint density at radius 3 is 2.85 bits per heavy atom. The predicted octanol–water partition coefficient (Wildman–Crippen LogP) is 1.85. The molecule has 2 aliphatic carbocycles. The van der Waals surface area contributed by atoms with E-state index in [-0.39, 0.29) is 0 Å². The van der Waals surface area contributed by atoms with Crippen LogP contribution in [0, 0.1) is 0 Å². The SMILES string of the molecule is O=C(O)C1(n2nnnc2-c2cc3c(s2)CCC3)CCC1. The topological polar surface area (TPSA) is 80.9 Å². The smallest absolute Gasteiger partial charge is 0.331 e. The molecule has 20 heavy (non-hydrogen) atoms. The van der Waals surface area contributed by atoms with Gasteiger partial charge in [0.05, 0.1) is 4.88 Å². The van der Waals surface area contributed by atoms with Gasteiger partial charge in [-0.2, -0.15) is 0 Å². The molecule has 0 amide bonds. The lowest BCUT2D eigenvalue weighted by molar-refractivity contribution is -0.153. The minimum absolute atomic E-state index is 0.603. The Bertz CT molecular complexity index is 665. The lowest BCUT2D eigenvalue weighted by atomic mass is 9.77. The number of hydrogen-bond donors (Lipinski definition) is 1. The van der Waals surface area contributed by atoms with Gasteiger partial charge >= 0.3 is 5.97 Å². The number of nitrogens with zero attached hydrogens (tertiary/aromatic N) is 4. The van der Waals surface area contributed by atoms with Crippen LogP contribution in [0.25, 0.3) is 10.7 Å². The van der Waals surface area contributed by atoms with Gasteiger partial charge in [-0.3, -0.25) is 0 Å². The molecular weight excluding hydrogens is 276 g/mol. The third kappa shape index (κ3) is 1.49. The van der Waals surface area contributed by atoms with E-state index in [2.05, 4.69) is 21.6 Å². The summed E-state index contributed by atoms with van der Waals surface area (Å²) in [4.78, 5) is 14.0. The Balaban J connectivity index is 1.80. The maximum absolute atomic E-state index is 11.6. The van der Waals surface area contributed by atoms with Crippen molar-refractivity contribution in [1.29, 1.82) is 0 Å². The van der Waals surface area contributed by atoms with Gasteiger partial charge in [-0.05, 0) is 60.6 Å². The van der Waals surface area contributed by atoms with E-state index in [4.69, 9.17) is 0 Å². The summed E-state index contributed by atoms with van der Waals surface area (Å²) in [5.74, 6) is -0.229. The zero-order valence-corrected chi connectivity index (χ0v) is 11.7. The molecule has 0 radical (unpaired) electrons. The number of aryl methyl sites for hydroxylation is 2. The Kier molecular flexibility index (Phi) is 2.47. The first-order valence-electron chi connectivity index (χ1n) is 6.85. The molecular formula is C13H14N4O2S. The number of carboxylic acids is 1. The molecule has 2 aromatic rings. The molecule has 1 fully saturated rings. The van der Waals surface area contributed by atoms with E-state index in [1.54, 1.807) is 11.3 Å². The quantitative estimate of drug-likeness (QED) is 0.933. The van der Waals surface area contributed by atoms with Crippen molar-refractivity contribution >= 4 is 17.3 Å². The Labute approximate surface area is 119 Å². The van der Waals surface area contributed by atoms with Crippen molar-refractivity contribution < 1.29 is 9.90 Å². The van der Waals surface area contributed by atoms with Crippen LogP contribution in [-0.4, -0.2) is 31.3 Å². The van der Waals surface area contributed by atoms with Gasteiger partial charge in [-0.15, -0.1) is 16.4 Å². The highest BCUT2D eigenvalue weighted by Crippen LogP contribution is 2.43. The minimum Gasteiger partial charge on any atom is -0.479 e. The number of hydrogen-bond acceptors (Lipinski definition) is 5. The fraction of sp³-hybridized carbons (Fsp3) is 0.538. The van der Waals surface area contributed by atoms with Gasteiger partial charge in [0, 0.05) is 4.88 Å². The molecule has 0 bridgehead atoms. The van der Waals surface area contributed by atoms with E-state index in [0.29, 0.717) is 18.7 Å². The van der Waals surface area contributed by atoms with Gasteiger partial charge in [-0.1, -0.05) is 0 Å². The Hall–Kier alpha value is -1.76. The van der Waals surface area contributed by atoms with E-state index in [0.717, 1.165) is 24.1 Å². The van der Waals surface area contributed by atoms with Crippen LogP contribution in [0.3, 0.4) is 0 Å². The normalized spacial score (nSPS) is 19.6. The van der Waals surface area contributed by atoms with E-state index < -0.39 is 11.5 Å². The molecule has 0 aliphatic heterocycles. The fourth-order valence-electron chi connectivity index (χ4n) is 3.10. The highest BCUT2D eigenvalue weighted by atomic mass is 32.1. The van der Waals surface area contributed by atoms with E-state index >= 15 is 0 Å². The lowest BCUT2D eigenvalue weighted by Gasteiger charge is -2.37. The number of tetrazole rings is 1. The van der Waals surface area contributed by atoms with Crippen molar-refractivity contribution in [2.45, 2.75) is 44.1 Å². The average Bonchev–Trinajstić information content (AvgIpc) is 2.98. The van der Waals surface area contributed by atoms with Crippen LogP contribution in [0.15, 0.2) is 6.07 Å². The van der Waals surface area contributed by atoms with Gasteiger partial charge in [-0.25, -0.2) is 9.48 Å². The van der Waals surface area contributed by atoms with Gasteiger partial charge < -0.3 is 5.11 Å². The van der Waals surface area contributed by atoms with Crippen LogP contribution in [0.5, 0.6) is 0 Å². The lowest BCUT2D eigenvalue weighted by Crippen LogP contribution is -2.48. The number of rotatable bonds is 3. The molecule has 0 spiro atoms. The average molecular weight is 290 g/mol. The molecule has 2 aliphatic rings. The maximum atomic E-state index is 11.6. The van der Waals surface area contributed by atoms with Crippen molar-refractivity contribution in [1.82, 2.24) is 20.2 Å². The summed E-state index contributed by atoms with van der Waals surface area (Å²) in [6.07, 6.45) is 5.55. The molecule has 104 valence electrons. The highest BCUT2D eigenvalue weighted by molar-refractivity contribution is 7.15. The third-order valence-electron chi connectivity index (χ3n) is 4.42. The van der Waals surface area contributed by atoms with Crippen LogP contribution >= 0.6 is 11.3 Å². The molecule has 4 rings (SSSR count). The first-order valence-corrected chi connectivity index (χ1v) is 7.66. The first kappa shape index (κ1) is 12.0. The number of carboxylic acid groups (broad SMARTS) is 1. The second-order valence-corrected chi connectivity index (χ2v) is 6.65. The van der Waals surface area contributed by atoms with Crippen LogP contribution in [0.1, 0.15) is 36.1 Å². The van der Waals surface area contributed by atoms with Crippen molar-refractivity contribution in [2.75, 3.05) is 0 Å². The summed E-state index contributed by atoms with van der Waals surface area (Å²) in [6, 6.07) is 2.13. The second-order valence-electron chi connectivity index (χ2n) is 5.52. The molecule has 6 nitrogen and oxygen atoms in total. The number of aromatic nitrogens is 4. The van der Waals surface area contributed by atoms with Gasteiger partial charge in [0.2, 0.25) is 0 Å². The Morgan fingerprint density at radius 2 is 2.20 bits per heavy atom. The molecule has 0 aromatic carbocycles. The summed E-state index contributed by atoms with van der Waals surface area (Å²) in [5.41, 5.74) is 0.435. The summed E-state index contributed by atoms with van der Waals surface area (Å²) < 4.78 is 1.53. The van der Waals surface area contributed by atoms with Crippen LogP contribution in [0.2, 0.25) is 0 Å². The van der Waals surface area contributed by atoms with Gasteiger partial charge in [0.15, 0.2) is 11.4 Å². The summed E-state index contributed by atoms with van der Waals surface area (Å²) in [5, 5.41) is 21.3. The predicted molar refractivity (Wildman–Crippen MR) is 72.6 cm³/mol. The first-order chi connectivity index (χ1) is 9.71. The maximum Gasteiger partial charge on any atom is 0.331 e. The molecule has 2 aromatic heterocycles. The number of fused-ring (bicyclic) bond motifs is 1. The van der Waals surface area contributed by atoms with Crippen LogP contribution in [-0.2, 0) is 23.2 Å². The van der Waals surface area contributed by atoms with Gasteiger partial charge in [0.25, 0.3) is 0 Å². The molecule has 1 saturated carbocycles. The minimum atomic E-state index is -0.937. The van der Waals surface area contributed by atoms with E-state index in [1.165, 1.54) is 21.5 Å². The second kappa shape index (κ2) is 4.12. The molecule has 0 unspecified atom stereocenters. The molecule has 1 N–H and O–H groups in total. The number of carbonyl (C=O) groups is 1. The summed E-state index contributed by atoms with van der Waals surface area (Å²) in [7, 11) is 0. The van der Waals surface area contributed by atoms with E-state index in [1.807, 2.05) is 0 Å². The van der Waals surface area contributed by atoms with Crippen molar-refractivity contribution in [3.8, 4) is 10.7 Å². The third-order valence-corrected chi connectivity index (χ3v) is 5.65. The highest BCUT2D eigenvalue weighted by Gasteiger charge is 2.49. The molecule has 2 heterocycles. The van der Waals surface area contributed by atoms with Crippen LogP contribution in [0.4, 0.5) is 0 Å². The van der Waals surface area contributed by atoms with Crippen molar-refractivity contribution in [2.24, 2.45) is 0 Å². The van der Waals surface area contributed by atoms with Crippen molar-refractivity contribution in [3.05, 3.63) is 16.5 Å². The largest absolute Gasteiger partial charge is 0.479 e. The summed E-state index contributed by atoms with van der Waals surface area (Å²) >= 11 is 1.70. The Morgan fingerprint density at radius 1 is 1.35 bits per heavy atom. The fourth-order valence-corrected chi connectivity index (χ4v) is 4.32. The molecule has 0 saturated heterocycles. The van der Waals surface area contributed by atoms with Gasteiger partial charge in [0.1, 0.15) is 0 Å². The molecule has 0 atom stereocenters. The van der Waals surface area contributed by atoms with Crippen molar-refractivity contribution in [3.63, 3.8) is 0 Å². The number of thiophene rings is 1. The summed E-state index contributed by atoms with van der Waals surface area (Å²) in [6.45, 7) is 0. The monoisotopic (exact) mass is 290 g/mol.